The molecule has 26 heavy (non-hydrogen) atoms. The van der Waals surface area contributed by atoms with Gasteiger partial charge in [0, 0.05) is 19.1 Å². The van der Waals surface area contributed by atoms with Gasteiger partial charge in [-0.15, -0.1) is 0 Å². The first-order chi connectivity index (χ1) is 12.7. The Morgan fingerprint density at radius 1 is 1.19 bits per heavy atom. The van der Waals surface area contributed by atoms with E-state index in [4.69, 9.17) is 4.98 Å². The van der Waals surface area contributed by atoms with E-state index in [1.807, 2.05) is 6.20 Å². The Balaban J connectivity index is 1.56. The number of piperidine rings is 1. The summed E-state index contributed by atoms with van der Waals surface area (Å²) in [5, 5.41) is 3.15. The third kappa shape index (κ3) is 3.50. The minimum Gasteiger partial charge on any atom is -0.369 e. The van der Waals surface area contributed by atoms with E-state index in [9.17, 15) is 4.79 Å². The van der Waals surface area contributed by atoms with Gasteiger partial charge >= 0.3 is 0 Å². The Kier molecular flexibility index (Phi) is 4.74. The number of hydrogen-bond acceptors (Lipinski definition) is 5. The van der Waals surface area contributed by atoms with Gasteiger partial charge in [-0.05, 0) is 44.6 Å². The highest BCUT2D eigenvalue weighted by Gasteiger charge is 2.30. The molecular formula is C20H27N5O. The van der Waals surface area contributed by atoms with Crippen molar-refractivity contribution < 1.29 is 4.79 Å². The molecule has 6 nitrogen and oxygen atoms in total. The summed E-state index contributed by atoms with van der Waals surface area (Å²) in [6, 6.07) is 2.51. The fourth-order valence-electron chi connectivity index (χ4n) is 3.72. The summed E-state index contributed by atoms with van der Waals surface area (Å²) in [4.78, 5) is 28.7. The quantitative estimate of drug-likeness (QED) is 0.895. The molecule has 0 bridgehead atoms. The molecule has 3 heterocycles. The summed E-state index contributed by atoms with van der Waals surface area (Å²) in [5.74, 6) is 0.284. The van der Waals surface area contributed by atoms with Crippen LogP contribution >= 0.6 is 0 Å². The number of fused-ring (bicyclic) bond motifs is 1. The van der Waals surface area contributed by atoms with Gasteiger partial charge in [0.2, 0.25) is 5.91 Å². The first kappa shape index (κ1) is 17.2. The van der Waals surface area contributed by atoms with Crippen LogP contribution in [0, 0.1) is 5.92 Å². The van der Waals surface area contributed by atoms with E-state index < -0.39 is 0 Å². The first-order valence-corrected chi connectivity index (χ1v) is 9.88. The van der Waals surface area contributed by atoms with Crippen LogP contribution in [0.25, 0.3) is 11.2 Å². The SMILES string of the molecule is CCc1nc2cc(N3CCC[C@H](C(=O)NC4CC4)C3)cnc2nc1CC. The third-order valence-corrected chi connectivity index (χ3v) is 5.41. The summed E-state index contributed by atoms with van der Waals surface area (Å²) >= 11 is 0. The predicted molar refractivity (Wildman–Crippen MR) is 102 cm³/mol. The molecule has 0 aromatic carbocycles. The molecule has 0 radical (unpaired) electrons. The number of hydrogen-bond donors (Lipinski definition) is 1. The zero-order valence-electron chi connectivity index (χ0n) is 15.7. The van der Waals surface area contributed by atoms with Crippen molar-refractivity contribution in [2.24, 2.45) is 5.92 Å². The van der Waals surface area contributed by atoms with E-state index in [-0.39, 0.29) is 11.8 Å². The molecule has 1 saturated heterocycles. The standard InChI is InChI=1S/C20H27N5O/c1-3-16-17(4-2)24-19-18(23-16)10-15(11-21-19)25-9-5-6-13(12-25)20(26)22-14-7-8-14/h10-11,13-14H,3-9,12H2,1-2H3,(H,22,26)/t13-/m0/s1. The van der Waals surface area contributed by atoms with E-state index in [0.29, 0.717) is 11.7 Å². The van der Waals surface area contributed by atoms with Crippen molar-refractivity contribution in [1.29, 1.82) is 0 Å². The molecule has 0 unspecified atom stereocenters. The molecular weight excluding hydrogens is 326 g/mol. The van der Waals surface area contributed by atoms with Crippen LogP contribution in [-0.4, -0.2) is 40.0 Å². The van der Waals surface area contributed by atoms with Gasteiger partial charge in [-0.25, -0.2) is 15.0 Å². The average Bonchev–Trinajstić information content (AvgIpc) is 3.50. The highest BCUT2D eigenvalue weighted by molar-refractivity contribution is 5.80. The molecule has 1 N–H and O–H groups in total. The van der Waals surface area contributed by atoms with Crippen molar-refractivity contribution in [1.82, 2.24) is 20.3 Å². The predicted octanol–water partition coefficient (Wildman–Crippen LogP) is 2.64. The van der Waals surface area contributed by atoms with Crippen molar-refractivity contribution >= 4 is 22.8 Å². The number of aromatic nitrogens is 3. The molecule has 1 amide bonds. The van der Waals surface area contributed by atoms with Crippen molar-refractivity contribution in [3.63, 3.8) is 0 Å². The van der Waals surface area contributed by atoms with Crippen LogP contribution in [0.4, 0.5) is 5.69 Å². The van der Waals surface area contributed by atoms with Crippen LogP contribution in [-0.2, 0) is 17.6 Å². The highest BCUT2D eigenvalue weighted by Crippen LogP contribution is 2.26. The minimum atomic E-state index is 0.0693. The maximum atomic E-state index is 12.4. The number of anilines is 1. The molecule has 1 aliphatic heterocycles. The van der Waals surface area contributed by atoms with Crippen molar-refractivity contribution in [2.45, 2.75) is 58.4 Å². The Morgan fingerprint density at radius 3 is 2.69 bits per heavy atom. The molecule has 2 aliphatic rings. The lowest BCUT2D eigenvalue weighted by atomic mass is 9.96. The van der Waals surface area contributed by atoms with Gasteiger partial charge in [0.15, 0.2) is 5.65 Å². The highest BCUT2D eigenvalue weighted by atomic mass is 16.2. The zero-order chi connectivity index (χ0) is 18.1. The third-order valence-electron chi connectivity index (χ3n) is 5.41. The molecule has 1 atom stereocenters. The lowest BCUT2D eigenvalue weighted by Gasteiger charge is -2.33. The van der Waals surface area contributed by atoms with Crippen LogP contribution in [0.3, 0.4) is 0 Å². The molecule has 1 aliphatic carbocycles. The Morgan fingerprint density at radius 2 is 1.96 bits per heavy atom. The van der Waals surface area contributed by atoms with Crippen LogP contribution in [0.5, 0.6) is 0 Å². The largest absolute Gasteiger partial charge is 0.369 e. The number of aryl methyl sites for hydroxylation is 2. The maximum absolute atomic E-state index is 12.4. The van der Waals surface area contributed by atoms with Gasteiger partial charge in [-0.1, -0.05) is 13.8 Å². The number of nitrogens with one attached hydrogen (secondary N) is 1. The summed E-state index contributed by atoms with van der Waals surface area (Å²) in [5.41, 5.74) is 4.69. The molecule has 2 aromatic heterocycles. The second-order valence-electron chi connectivity index (χ2n) is 7.43. The molecule has 138 valence electrons. The minimum absolute atomic E-state index is 0.0693. The topological polar surface area (TPSA) is 71.0 Å². The Labute approximate surface area is 154 Å². The van der Waals surface area contributed by atoms with Gasteiger partial charge in [0.25, 0.3) is 0 Å². The molecule has 6 heteroatoms. The van der Waals surface area contributed by atoms with E-state index in [0.717, 1.165) is 74.2 Å². The van der Waals surface area contributed by atoms with Gasteiger partial charge in [-0.2, -0.15) is 0 Å². The molecule has 0 spiro atoms. The van der Waals surface area contributed by atoms with E-state index >= 15 is 0 Å². The van der Waals surface area contributed by atoms with Crippen LogP contribution in [0.1, 0.15) is 50.9 Å². The number of amides is 1. The van der Waals surface area contributed by atoms with Crippen molar-refractivity contribution in [2.75, 3.05) is 18.0 Å². The monoisotopic (exact) mass is 353 g/mol. The number of nitrogens with zero attached hydrogens (tertiary/aromatic N) is 4. The second-order valence-corrected chi connectivity index (χ2v) is 7.43. The normalized spacial score (nSPS) is 20.4. The molecule has 1 saturated carbocycles. The molecule has 4 rings (SSSR count). The number of rotatable bonds is 5. The van der Waals surface area contributed by atoms with E-state index in [1.165, 1.54) is 0 Å². The lowest BCUT2D eigenvalue weighted by molar-refractivity contribution is -0.125. The van der Waals surface area contributed by atoms with E-state index in [1.54, 1.807) is 0 Å². The average molecular weight is 353 g/mol. The first-order valence-electron chi connectivity index (χ1n) is 9.88. The number of pyridine rings is 1. The second kappa shape index (κ2) is 7.17. The molecule has 2 aromatic rings. The van der Waals surface area contributed by atoms with Crippen LogP contribution in [0.2, 0.25) is 0 Å². The number of carbonyl (C=O) groups is 1. The maximum Gasteiger partial charge on any atom is 0.225 e. The Bertz CT molecular complexity index is 817. The lowest BCUT2D eigenvalue weighted by Crippen LogP contribution is -2.43. The van der Waals surface area contributed by atoms with Crippen LogP contribution < -0.4 is 10.2 Å². The van der Waals surface area contributed by atoms with Gasteiger partial charge in [0.05, 0.1) is 29.2 Å². The van der Waals surface area contributed by atoms with Gasteiger partial charge < -0.3 is 10.2 Å². The molecule has 2 fully saturated rings. The van der Waals surface area contributed by atoms with Crippen molar-refractivity contribution in [3.05, 3.63) is 23.7 Å². The zero-order valence-corrected chi connectivity index (χ0v) is 15.7. The van der Waals surface area contributed by atoms with E-state index in [2.05, 4.69) is 40.1 Å². The Hall–Kier alpha value is -2.24. The van der Waals surface area contributed by atoms with Crippen molar-refractivity contribution in [3.8, 4) is 0 Å². The summed E-state index contributed by atoms with van der Waals surface area (Å²) in [6.45, 7) is 5.93. The fourth-order valence-corrected chi connectivity index (χ4v) is 3.72. The van der Waals surface area contributed by atoms with Gasteiger partial charge in [-0.3, -0.25) is 4.79 Å². The summed E-state index contributed by atoms with van der Waals surface area (Å²) in [7, 11) is 0. The summed E-state index contributed by atoms with van der Waals surface area (Å²) in [6.07, 6.45) is 7.90. The smallest absolute Gasteiger partial charge is 0.225 e. The van der Waals surface area contributed by atoms with Crippen LogP contribution in [0.15, 0.2) is 12.3 Å². The van der Waals surface area contributed by atoms with Gasteiger partial charge in [0.1, 0.15) is 5.52 Å². The number of carbonyl (C=O) groups excluding carboxylic acids is 1. The summed E-state index contributed by atoms with van der Waals surface area (Å²) < 4.78 is 0. The fraction of sp³-hybridized carbons (Fsp3) is 0.600.